The van der Waals surface area contributed by atoms with Gasteiger partial charge in [0.25, 0.3) is 11.8 Å². The molecule has 0 atom stereocenters. The summed E-state index contributed by atoms with van der Waals surface area (Å²) in [5.74, 6) is -1.41. The summed E-state index contributed by atoms with van der Waals surface area (Å²) in [6.45, 7) is 0. The molecule has 1 aliphatic rings. The zero-order valence-electron chi connectivity index (χ0n) is 19.5. The number of nitrogens with one attached hydrogen (secondary N) is 2. The lowest BCUT2D eigenvalue weighted by Gasteiger charge is -2.29. The van der Waals surface area contributed by atoms with Gasteiger partial charge in [-0.1, -0.05) is 6.07 Å². The molecule has 0 spiro atoms. The molecule has 188 valence electrons. The molecule has 3 aromatic rings. The van der Waals surface area contributed by atoms with Gasteiger partial charge in [0.15, 0.2) is 0 Å². The van der Waals surface area contributed by atoms with Gasteiger partial charge in [0.05, 0.1) is 6.20 Å². The van der Waals surface area contributed by atoms with Gasteiger partial charge < -0.3 is 25.6 Å². The fraction of sp³-hybridized carbons (Fsp3) is 0.269. The van der Waals surface area contributed by atoms with Gasteiger partial charge in [-0.05, 0) is 68.3 Å². The number of hydrogen-bond acceptors (Lipinski definition) is 7. The molecule has 8 nitrogen and oxygen atoms in total. The van der Waals surface area contributed by atoms with Crippen molar-refractivity contribution in [2.45, 2.75) is 42.7 Å². The molecule has 2 amide bonds. The predicted molar refractivity (Wildman–Crippen MR) is 133 cm³/mol. The molecule has 0 aliphatic heterocycles. The molecular weight excluding hydrogens is 485 g/mol. The van der Waals surface area contributed by atoms with Gasteiger partial charge >= 0.3 is 0 Å². The van der Waals surface area contributed by atoms with E-state index in [1.165, 1.54) is 12.1 Å². The summed E-state index contributed by atoms with van der Waals surface area (Å²) in [4.78, 5) is 30.4. The van der Waals surface area contributed by atoms with Gasteiger partial charge in [0.2, 0.25) is 5.88 Å². The van der Waals surface area contributed by atoms with E-state index in [1.54, 1.807) is 17.8 Å². The predicted octanol–water partition coefficient (Wildman–Crippen LogP) is 4.62. The van der Waals surface area contributed by atoms with Crippen molar-refractivity contribution in [2.24, 2.45) is 0 Å². The summed E-state index contributed by atoms with van der Waals surface area (Å²) in [6.07, 6.45) is 5.39. The molecule has 10 heteroatoms. The Bertz CT molecular complexity index is 1240. The highest BCUT2D eigenvalue weighted by molar-refractivity contribution is 7.98. The minimum absolute atomic E-state index is 0.00340. The first-order valence-electron chi connectivity index (χ1n) is 11.4. The Kier molecular flexibility index (Phi) is 7.94. The molecule has 1 saturated carbocycles. The van der Waals surface area contributed by atoms with Crippen molar-refractivity contribution >= 4 is 23.6 Å². The number of ether oxygens (including phenoxy) is 1. The number of hydrogen-bond donors (Lipinski definition) is 4. The molecule has 1 aromatic heterocycles. The number of nitrogens with zero attached hydrogens (tertiary/aromatic N) is 1. The molecule has 1 heterocycles. The SMILES string of the molecule is CSc1cccc(Oc2ncc(F)cc2C(=O)NC2CCC(NC(=O)c3cc(O)cc(O)c3)CC2)c1. The topological polar surface area (TPSA) is 121 Å². The third-order valence-electron chi connectivity index (χ3n) is 5.88. The Balaban J connectivity index is 1.35. The maximum Gasteiger partial charge on any atom is 0.257 e. The highest BCUT2D eigenvalue weighted by Gasteiger charge is 2.26. The molecular formula is C26H26FN3O5S. The second kappa shape index (κ2) is 11.3. The number of halogens is 1. The summed E-state index contributed by atoms with van der Waals surface area (Å²) in [7, 11) is 0. The van der Waals surface area contributed by atoms with Crippen LogP contribution in [0.15, 0.2) is 59.6 Å². The zero-order valence-corrected chi connectivity index (χ0v) is 20.3. The van der Waals surface area contributed by atoms with E-state index in [0.717, 1.165) is 23.2 Å². The molecule has 0 saturated heterocycles. The lowest BCUT2D eigenvalue weighted by Crippen LogP contribution is -2.43. The van der Waals surface area contributed by atoms with Crippen molar-refractivity contribution < 1.29 is 28.9 Å². The van der Waals surface area contributed by atoms with E-state index in [9.17, 15) is 24.2 Å². The van der Waals surface area contributed by atoms with Gasteiger partial charge in [0, 0.05) is 28.6 Å². The van der Waals surface area contributed by atoms with Gasteiger partial charge in [-0.25, -0.2) is 9.37 Å². The average Bonchev–Trinajstić information content (AvgIpc) is 2.85. The van der Waals surface area contributed by atoms with E-state index < -0.39 is 17.6 Å². The summed E-state index contributed by atoms with van der Waals surface area (Å²) >= 11 is 1.55. The zero-order chi connectivity index (χ0) is 25.7. The fourth-order valence-corrected chi connectivity index (χ4v) is 4.54. The monoisotopic (exact) mass is 511 g/mol. The van der Waals surface area contributed by atoms with E-state index in [2.05, 4.69) is 15.6 Å². The third kappa shape index (κ3) is 6.45. The number of amides is 2. The molecule has 0 radical (unpaired) electrons. The largest absolute Gasteiger partial charge is 0.508 e. The van der Waals surface area contributed by atoms with Crippen molar-refractivity contribution in [3.63, 3.8) is 0 Å². The Morgan fingerprint density at radius 1 is 0.972 bits per heavy atom. The number of carbonyl (C=O) groups is 2. The Morgan fingerprint density at radius 3 is 2.25 bits per heavy atom. The second-order valence-corrected chi connectivity index (χ2v) is 9.40. The number of rotatable bonds is 7. The number of phenolic OH excluding ortho intramolecular Hbond substituents is 2. The van der Waals surface area contributed by atoms with Gasteiger partial charge in [-0.2, -0.15) is 0 Å². The van der Waals surface area contributed by atoms with E-state index in [-0.39, 0.29) is 40.6 Å². The van der Waals surface area contributed by atoms with Crippen molar-refractivity contribution in [1.82, 2.24) is 15.6 Å². The van der Waals surface area contributed by atoms with Crippen LogP contribution >= 0.6 is 11.8 Å². The van der Waals surface area contributed by atoms with Crippen LogP contribution in [0.1, 0.15) is 46.4 Å². The number of thioether (sulfide) groups is 1. The number of phenols is 2. The fourth-order valence-electron chi connectivity index (χ4n) is 4.09. The molecule has 1 aliphatic carbocycles. The number of benzene rings is 2. The minimum atomic E-state index is -0.644. The van der Waals surface area contributed by atoms with E-state index >= 15 is 0 Å². The van der Waals surface area contributed by atoms with Crippen LogP contribution in [0.3, 0.4) is 0 Å². The number of aromatic nitrogens is 1. The van der Waals surface area contributed by atoms with Crippen LogP contribution in [0.5, 0.6) is 23.1 Å². The number of pyridine rings is 1. The first-order valence-corrected chi connectivity index (χ1v) is 12.7. The van der Waals surface area contributed by atoms with Crippen molar-refractivity contribution in [1.29, 1.82) is 0 Å². The first kappa shape index (κ1) is 25.3. The normalized spacial score (nSPS) is 17.3. The summed E-state index contributed by atoms with van der Waals surface area (Å²) in [5, 5.41) is 25.0. The second-order valence-electron chi connectivity index (χ2n) is 8.52. The van der Waals surface area contributed by atoms with Crippen LogP contribution in [0.2, 0.25) is 0 Å². The lowest BCUT2D eigenvalue weighted by atomic mass is 9.90. The van der Waals surface area contributed by atoms with E-state index in [4.69, 9.17) is 4.74 Å². The van der Waals surface area contributed by atoms with Gasteiger partial charge in [-0.15, -0.1) is 11.8 Å². The Hall–Kier alpha value is -3.79. The maximum absolute atomic E-state index is 13.9. The van der Waals surface area contributed by atoms with Crippen molar-refractivity contribution in [3.8, 4) is 23.1 Å². The average molecular weight is 512 g/mol. The van der Waals surface area contributed by atoms with Crippen molar-refractivity contribution in [2.75, 3.05) is 6.26 Å². The lowest BCUT2D eigenvalue weighted by molar-refractivity contribution is 0.0889. The Morgan fingerprint density at radius 2 is 1.61 bits per heavy atom. The highest BCUT2D eigenvalue weighted by Crippen LogP contribution is 2.28. The molecule has 0 bridgehead atoms. The van der Waals surface area contributed by atoms with E-state index in [0.29, 0.717) is 31.4 Å². The third-order valence-corrected chi connectivity index (χ3v) is 6.61. The Labute approximate surface area is 211 Å². The number of aromatic hydroxyl groups is 2. The summed E-state index contributed by atoms with van der Waals surface area (Å²) < 4.78 is 19.7. The van der Waals surface area contributed by atoms with Gasteiger partial charge in [0.1, 0.15) is 28.6 Å². The van der Waals surface area contributed by atoms with Crippen molar-refractivity contribution in [3.05, 3.63) is 71.7 Å². The highest BCUT2D eigenvalue weighted by atomic mass is 32.2. The summed E-state index contributed by atoms with van der Waals surface area (Å²) in [6, 6.07) is 11.8. The minimum Gasteiger partial charge on any atom is -0.508 e. The number of carbonyl (C=O) groups excluding carboxylic acids is 2. The van der Waals surface area contributed by atoms with Crippen LogP contribution in [-0.2, 0) is 0 Å². The van der Waals surface area contributed by atoms with Crippen LogP contribution in [-0.4, -0.2) is 45.4 Å². The molecule has 0 unspecified atom stereocenters. The van der Waals surface area contributed by atoms with E-state index in [1.807, 2.05) is 24.5 Å². The van der Waals surface area contributed by atoms with Gasteiger partial charge in [-0.3, -0.25) is 9.59 Å². The molecule has 4 N–H and O–H groups in total. The maximum atomic E-state index is 13.9. The molecule has 1 fully saturated rings. The first-order chi connectivity index (χ1) is 17.3. The molecule has 2 aromatic carbocycles. The smallest absolute Gasteiger partial charge is 0.257 e. The quantitative estimate of drug-likeness (QED) is 0.342. The van der Waals surface area contributed by atoms with Crippen LogP contribution in [0, 0.1) is 5.82 Å². The van der Waals surface area contributed by atoms with Crippen LogP contribution in [0.25, 0.3) is 0 Å². The van der Waals surface area contributed by atoms with Crippen LogP contribution < -0.4 is 15.4 Å². The standard InChI is InChI=1S/C26H26FN3O5S/c1-36-22-4-2-3-21(13-22)35-26-23(11-16(27)14-28-26)25(34)30-18-7-5-17(6-8-18)29-24(33)15-9-19(31)12-20(32)10-15/h2-4,9-14,17-18,31-32H,5-8H2,1H3,(H,29,33)(H,30,34). The molecule has 4 rings (SSSR count). The van der Waals surface area contributed by atoms with Crippen LogP contribution in [0.4, 0.5) is 4.39 Å². The molecule has 36 heavy (non-hydrogen) atoms. The summed E-state index contributed by atoms with van der Waals surface area (Å²) in [5.41, 5.74) is 0.167.